The van der Waals surface area contributed by atoms with E-state index in [-0.39, 0.29) is 0 Å². The molecule has 166 valence electrons. The Kier molecular flexibility index (Phi) is 6.48. The van der Waals surface area contributed by atoms with Gasteiger partial charge in [0, 0.05) is 30.6 Å². The number of nitrogens with zero attached hydrogens (tertiary/aromatic N) is 3. The Bertz CT molecular complexity index is 1110. The summed E-state index contributed by atoms with van der Waals surface area (Å²) in [5, 5.41) is 4.89. The molecule has 3 heterocycles. The van der Waals surface area contributed by atoms with Crippen LogP contribution in [0.1, 0.15) is 29.6 Å². The molecule has 0 amide bonds. The molecule has 5 rings (SSSR count). The summed E-state index contributed by atoms with van der Waals surface area (Å²) in [6.45, 7) is 5.03. The third kappa shape index (κ3) is 4.56. The van der Waals surface area contributed by atoms with Crippen molar-refractivity contribution in [2.75, 3.05) is 26.7 Å². The summed E-state index contributed by atoms with van der Waals surface area (Å²) in [4.78, 5) is 13.8. The number of piperazine rings is 1. The first kappa shape index (κ1) is 21.5. The minimum atomic E-state index is 0.424. The maximum absolute atomic E-state index is 5.28. The highest BCUT2D eigenvalue weighted by Crippen LogP contribution is 2.43. The number of ether oxygens (including phenoxy) is 1. The Hall–Kier alpha value is -2.35. The highest BCUT2D eigenvalue weighted by molar-refractivity contribution is 8.01. The third-order valence-corrected chi connectivity index (χ3v) is 8.38. The molecule has 0 radical (unpaired) electrons. The van der Waals surface area contributed by atoms with Gasteiger partial charge in [0.2, 0.25) is 0 Å². The van der Waals surface area contributed by atoms with Crippen molar-refractivity contribution in [1.82, 2.24) is 15.2 Å². The molecule has 1 N–H and O–H groups in total. The zero-order chi connectivity index (χ0) is 21.9. The molecule has 0 aliphatic carbocycles. The van der Waals surface area contributed by atoms with E-state index >= 15 is 0 Å². The number of nitrogens with one attached hydrogen (secondary N) is 1. The summed E-state index contributed by atoms with van der Waals surface area (Å²) in [6, 6.07) is 17.3. The number of methoxy groups -OCH3 is 1. The Labute approximate surface area is 197 Å². The number of hydrogen-bond donors (Lipinski definition) is 1. The second-order valence-corrected chi connectivity index (χ2v) is 10.5. The zero-order valence-corrected chi connectivity index (χ0v) is 20.1. The van der Waals surface area contributed by atoms with Gasteiger partial charge in [-0.05, 0) is 49.1 Å². The van der Waals surface area contributed by atoms with Gasteiger partial charge in [-0.25, -0.2) is 9.98 Å². The number of aliphatic imine (C=N–C) groups is 1. The Morgan fingerprint density at radius 2 is 2.00 bits per heavy atom. The van der Waals surface area contributed by atoms with Gasteiger partial charge in [-0.1, -0.05) is 43.0 Å². The van der Waals surface area contributed by atoms with E-state index in [2.05, 4.69) is 53.5 Å². The van der Waals surface area contributed by atoms with Crippen LogP contribution in [0.2, 0.25) is 0 Å². The van der Waals surface area contributed by atoms with Crippen molar-refractivity contribution in [2.24, 2.45) is 4.99 Å². The van der Waals surface area contributed by atoms with Crippen molar-refractivity contribution in [3.63, 3.8) is 0 Å². The summed E-state index contributed by atoms with van der Waals surface area (Å²) in [5.41, 5.74) is 3.45. The zero-order valence-electron chi connectivity index (χ0n) is 18.5. The maximum Gasteiger partial charge on any atom is 0.157 e. The fourth-order valence-corrected chi connectivity index (χ4v) is 6.43. The fraction of sp³-hybridized carbons (Fsp3) is 0.360. The lowest BCUT2D eigenvalue weighted by atomic mass is 10.0. The van der Waals surface area contributed by atoms with Crippen molar-refractivity contribution in [3.8, 4) is 5.75 Å². The molecule has 7 heteroatoms. The molecule has 0 saturated carbocycles. The molecule has 0 bridgehead atoms. The first-order valence-corrected chi connectivity index (χ1v) is 12.8. The van der Waals surface area contributed by atoms with Crippen LogP contribution in [0.15, 0.2) is 62.6 Å². The SMILES string of the molecule is CCc1nc2c(s1)Sc1ccccc1N=C2N1CCN[C@@H](CCc2ccc(OC)cc2)C1. The quantitative estimate of drug-likeness (QED) is 0.565. The average molecular weight is 465 g/mol. The standard InChI is InChI=1S/C25H28N4OS2/c1-3-22-28-23-24(27-20-6-4-5-7-21(20)31-25(23)32-22)29-15-14-26-18(16-29)11-8-17-9-12-19(30-2)13-10-17/h4-7,9-10,12-13,18,26H,3,8,11,14-16H2,1-2H3/t18-/m0/s1. The Morgan fingerprint density at radius 3 is 2.81 bits per heavy atom. The summed E-state index contributed by atoms with van der Waals surface area (Å²) >= 11 is 3.62. The van der Waals surface area contributed by atoms with Crippen LogP contribution >= 0.6 is 23.1 Å². The van der Waals surface area contributed by atoms with Crippen LogP contribution in [-0.4, -0.2) is 48.5 Å². The summed E-state index contributed by atoms with van der Waals surface area (Å²) in [7, 11) is 1.71. The van der Waals surface area contributed by atoms with Crippen molar-refractivity contribution in [3.05, 3.63) is 64.8 Å². The van der Waals surface area contributed by atoms with Gasteiger partial charge in [-0.2, -0.15) is 0 Å². The lowest BCUT2D eigenvalue weighted by Crippen LogP contribution is -2.53. The number of para-hydroxylation sites is 1. The Morgan fingerprint density at radius 1 is 1.16 bits per heavy atom. The molecule has 1 aromatic heterocycles. The smallest absolute Gasteiger partial charge is 0.157 e. The number of benzene rings is 2. The lowest BCUT2D eigenvalue weighted by Gasteiger charge is -2.35. The van der Waals surface area contributed by atoms with E-state index in [1.807, 2.05) is 35.2 Å². The fourth-order valence-electron chi connectivity index (χ4n) is 4.18. The van der Waals surface area contributed by atoms with Crippen LogP contribution < -0.4 is 10.1 Å². The van der Waals surface area contributed by atoms with Crippen molar-refractivity contribution in [2.45, 2.75) is 41.3 Å². The number of aromatic nitrogens is 1. The number of fused-ring (bicyclic) bond motifs is 2. The van der Waals surface area contributed by atoms with Gasteiger partial charge in [-0.15, -0.1) is 11.3 Å². The van der Waals surface area contributed by atoms with Crippen molar-refractivity contribution < 1.29 is 4.74 Å². The second-order valence-electron chi connectivity index (χ2n) is 8.09. The molecule has 5 nitrogen and oxygen atoms in total. The number of thiazole rings is 1. The van der Waals surface area contributed by atoms with Crippen molar-refractivity contribution >= 4 is 34.6 Å². The molecule has 0 unspecified atom stereocenters. The minimum Gasteiger partial charge on any atom is -0.497 e. The molecule has 3 aromatic rings. The highest BCUT2D eigenvalue weighted by Gasteiger charge is 2.29. The number of hydrogen-bond acceptors (Lipinski definition) is 7. The van der Waals surface area contributed by atoms with E-state index in [0.717, 1.165) is 61.9 Å². The molecular formula is C25H28N4OS2. The van der Waals surface area contributed by atoms with Gasteiger partial charge < -0.3 is 15.0 Å². The summed E-state index contributed by atoms with van der Waals surface area (Å²) in [5.74, 6) is 1.94. The highest BCUT2D eigenvalue weighted by atomic mass is 32.2. The monoisotopic (exact) mass is 464 g/mol. The molecular weight excluding hydrogens is 436 g/mol. The van der Waals surface area contributed by atoms with Crippen LogP contribution in [0.5, 0.6) is 5.75 Å². The first-order chi connectivity index (χ1) is 15.7. The van der Waals surface area contributed by atoms with E-state index in [1.165, 1.54) is 19.7 Å². The molecule has 1 saturated heterocycles. The van der Waals surface area contributed by atoms with Gasteiger partial charge >= 0.3 is 0 Å². The molecule has 1 atom stereocenters. The number of aryl methyl sites for hydroxylation is 2. The summed E-state index contributed by atoms with van der Waals surface area (Å²) in [6.07, 6.45) is 3.09. The van der Waals surface area contributed by atoms with Gasteiger partial charge in [-0.3, -0.25) is 0 Å². The van der Waals surface area contributed by atoms with Crippen LogP contribution in [-0.2, 0) is 12.8 Å². The molecule has 32 heavy (non-hydrogen) atoms. The lowest BCUT2D eigenvalue weighted by molar-refractivity contribution is 0.281. The van der Waals surface area contributed by atoms with E-state index in [1.54, 1.807) is 7.11 Å². The van der Waals surface area contributed by atoms with E-state index in [0.29, 0.717) is 6.04 Å². The predicted octanol–water partition coefficient (Wildman–Crippen LogP) is 5.16. The van der Waals surface area contributed by atoms with Crippen LogP contribution in [0, 0.1) is 0 Å². The van der Waals surface area contributed by atoms with Crippen LogP contribution in [0.3, 0.4) is 0 Å². The average Bonchev–Trinajstić information content (AvgIpc) is 3.18. The number of amidine groups is 1. The maximum atomic E-state index is 5.28. The van der Waals surface area contributed by atoms with E-state index in [4.69, 9.17) is 14.7 Å². The summed E-state index contributed by atoms with van der Waals surface area (Å²) < 4.78 is 6.54. The first-order valence-electron chi connectivity index (χ1n) is 11.2. The molecule has 2 aliphatic rings. The molecule has 1 fully saturated rings. The second kappa shape index (κ2) is 9.65. The van der Waals surface area contributed by atoms with E-state index < -0.39 is 0 Å². The van der Waals surface area contributed by atoms with Gasteiger partial charge in [0.1, 0.15) is 11.4 Å². The van der Waals surface area contributed by atoms with E-state index in [9.17, 15) is 0 Å². The topological polar surface area (TPSA) is 49.8 Å². The molecule has 2 aliphatic heterocycles. The molecule has 2 aromatic carbocycles. The van der Waals surface area contributed by atoms with Crippen molar-refractivity contribution in [1.29, 1.82) is 0 Å². The number of rotatable bonds is 5. The minimum absolute atomic E-state index is 0.424. The predicted molar refractivity (Wildman–Crippen MR) is 133 cm³/mol. The largest absolute Gasteiger partial charge is 0.497 e. The normalized spacial score (nSPS) is 17.9. The van der Waals surface area contributed by atoms with Gasteiger partial charge in [0.25, 0.3) is 0 Å². The van der Waals surface area contributed by atoms with Gasteiger partial charge in [0.05, 0.1) is 22.0 Å². The van der Waals surface area contributed by atoms with Crippen LogP contribution in [0.4, 0.5) is 5.69 Å². The Balaban J connectivity index is 1.36. The molecule has 0 spiro atoms. The third-order valence-electron chi connectivity index (χ3n) is 5.94. The van der Waals surface area contributed by atoms with Crippen LogP contribution in [0.25, 0.3) is 0 Å². The van der Waals surface area contributed by atoms with Gasteiger partial charge in [0.15, 0.2) is 5.84 Å².